The zero-order valence-electron chi connectivity index (χ0n) is 11.5. The maximum Gasteiger partial charge on any atom is 0.168 e. The van der Waals surface area contributed by atoms with Gasteiger partial charge in [0, 0.05) is 12.3 Å². The third-order valence-corrected chi connectivity index (χ3v) is 4.02. The molecule has 0 amide bonds. The van der Waals surface area contributed by atoms with Gasteiger partial charge in [-0.05, 0) is 18.9 Å². The molecule has 19 heavy (non-hydrogen) atoms. The summed E-state index contributed by atoms with van der Waals surface area (Å²) in [6, 6.07) is 8.53. The second-order valence-electron chi connectivity index (χ2n) is 4.62. The lowest BCUT2D eigenvalue weighted by atomic mass is 10.2. The zero-order chi connectivity index (χ0) is 13.7. The van der Waals surface area contributed by atoms with E-state index < -0.39 is 0 Å². The van der Waals surface area contributed by atoms with Crippen molar-refractivity contribution in [3.05, 3.63) is 47.3 Å². The van der Waals surface area contributed by atoms with Gasteiger partial charge in [0.1, 0.15) is 0 Å². The molecule has 0 radical (unpaired) electrons. The van der Waals surface area contributed by atoms with E-state index in [9.17, 15) is 5.11 Å². The number of aliphatic hydroxyl groups is 1. The van der Waals surface area contributed by atoms with Crippen molar-refractivity contribution in [1.29, 1.82) is 0 Å². The fraction of sp³-hybridized carbons (Fsp3) is 0.400. The van der Waals surface area contributed by atoms with Gasteiger partial charge in [-0.25, -0.2) is 4.98 Å². The van der Waals surface area contributed by atoms with Crippen molar-refractivity contribution in [2.45, 2.75) is 44.3 Å². The van der Waals surface area contributed by atoms with Gasteiger partial charge in [-0.1, -0.05) is 48.5 Å². The second-order valence-corrected chi connectivity index (χ2v) is 5.56. The Morgan fingerprint density at radius 2 is 2.21 bits per heavy atom. The minimum atomic E-state index is 0.0536. The Hall–Kier alpha value is -1.26. The number of aromatic nitrogens is 2. The first kappa shape index (κ1) is 14.2. The number of imidazole rings is 1. The van der Waals surface area contributed by atoms with Crippen LogP contribution in [0.2, 0.25) is 0 Å². The minimum absolute atomic E-state index is 0.0536. The Balaban J connectivity index is 2.08. The summed E-state index contributed by atoms with van der Waals surface area (Å²) in [6.07, 6.45) is 2.82. The predicted molar refractivity (Wildman–Crippen MR) is 79.2 cm³/mol. The van der Waals surface area contributed by atoms with Crippen molar-refractivity contribution in [2.75, 3.05) is 0 Å². The van der Waals surface area contributed by atoms with Crippen LogP contribution in [0.4, 0.5) is 0 Å². The van der Waals surface area contributed by atoms with Gasteiger partial charge in [0.15, 0.2) is 5.16 Å². The van der Waals surface area contributed by atoms with Gasteiger partial charge in [0.25, 0.3) is 0 Å². The first-order valence-electron chi connectivity index (χ1n) is 6.58. The van der Waals surface area contributed by atoms with E-state index in [-0.39, 0.29) is 6.61 Å². The Morgan fingerprint density at radius 3 is 2.89 bits per heavy atom. The number of aliphatic hydroxyl groups excluding tert-OH is 1. The maximum absolute atomic E-state index is 9.31. The molecule has 0 spiro atoms. The third-order valence-electron chi connectivity index (χ3n) is 2.96. The highest BCUT2D eigenvalue weighted by molar-refractivity contribution is 7.98. The van der Waals surface area contributed by atoms with Crippen LogP contribution < -0.4 is 0 Å². The summed E-state index contributed by atoms with van der Waals surface area (Å²) in [7, 11) is 0. The molecule has 0 bridgehead atoms. The lowest BCUT2D eigenvalue weighted by Gasteiger charge is -2.09. The quantitative estimate of drug-likeness (QED) is 0.822. The molecule has 3 nitrogen and oxygen atoms in total. The normalized spacial score (nSPS) is 10.9. The van der Waals surface area contributed by atoms with E-state index in [0.29, 0.717) is 0 Å². The molecule has 1 heterocycles. The monoisotopic (exact) mass is 276 g/mol. The van der Waals surface area contributed by atoms with Crippen LogP contribution in [0, 0.1) is 6.92 Å². The molecule has 1 N–H and O–H groups in total. The van der Waals surface area contributed by atoms with Gasteiger partial charge >= 0.3 is 0 Å². The number of benzene rings is 1. The Labute approximate surface area is 118 Å². The summed E-state index contributed by atoms with van der Waals surface area (Å²) in [4.78, 5) is 4.41. The predicted octanol–water partition coefficient (Wildman–Crippen LogP) is 3.39. The molecule has 0 unspecified atom stereocenters. The van der Waals surface area contributed by atoms with Gasteiger partial charge in [0.05, 0.1) is 18.5 Å². The molecule has 0 aliphatic rings. The molecule has 1 aromatic carbocycles. The largest absolute Gasteiger partial charge is 0.390 e. The highest BCUT2D eigenvalue weighted by atomic mass is 32.2. The molecule has 2 aromatic rings. The van der Waals surface area contributed by atoms with Crippen LogP contribution in [-0.4, -0.2) is 14.7 Å². The van der Waals surface area contributed by atoms with E-state index in [0.717, 1.165) is 29.6 Å². The van der Waals surface area contributed by atoms with Crippen molar-refractivity contribution < 1.29 is 5.11 Å². The minimum Gasteiger partial charge on any atom is -0.390 e. The van der Waals surface area contributed by atoms with Crippen molar-refractivity contribution in [2.24, 2.45) is 0 Å². The van der Waals surface area contributed by atoms with Crippen LogP contribution in [-0.2, 0) is 18.9 Å². The first-order valence-corrected chi connectivity index (χ1v) is 7.56. The molecule has 0 saturated carbocycles. The summed E-state index contributed by atoms with van der Waals surface area (Å²) < 4.78 is 2.11. The van der Waals surface area contributed by atoms with E-state index in [1.165, 1.54) is 11.1 Å². The van der Waals surface area contributed by atoms with Crippen LogP contribution in [0.3, 0.4) is 0 Å². The smallest absolute Gasteiger partial charge is 0.168 e. The Morgan fingerprint density at radius 1 is 1.37 bits per heavy atom. The first-order chi connectivity index (χ1) is 9.24. The maximum atomic E-state index is 9.31. The Kier molecular flexibility index (Phi) is 5.05. The number of nitrogens with zero attached hydrogens (tertiary/aromatic N) is 2. The fourth-order valence-electron chi connectivity index (χ4n) is 2.05. The number of hydrogen-bond donors (Lipinski definition) is 1. The summed E-state index contributed by atoms with van der Waals surface area (Å²) in [5.74, 6) is 0.910. The van der Waals surface area contributed by atoms with Crippen LogP contribution >= 0.6 is 11.8 Å². The summed E-state index contributed by atoms with van der Waals surface area (Å²) in [5, 5.41) is 10.3. The van der Waals surface area contributed by atoms with E-state index in [4.69, 9.17) is 0 Å². The summed E-state index contributed by atoms with van der Waals surface area (Å²) in [5.41, 5.74) is 3.49. The number of aryl methyl sites for hydroxylation is 1. The Bertz CT molecular complexity index is 537. The number of thioether (sulfide) groups is 1. The number of hydrogen-bond acceptors (Lipinski definition) is 3. The van der Waals surface area contributed by atoms with Crippen LogP contribution in [0.5, 0.6) is 0 Å². The van der Waals surface area contributed by atoms with Gasteiger partial charge in [-0.3, -0.25) is 0 Å². The fourth-order valence-corrected chi connectivity index (χ4v) is 3.01. The van der Waals surface area contributed by atoms with Crippen molar-refractivity contribution in [3.8, 4) is 0 Å². The van der Waals surface area contributed by atoms with Crippen LogP contribution in [0.25, 0.3) is 0 Å². The van der Waals surface area contributed by atoms with Gasteiger partial charge < -0.3 is 9.67 Å². The van der Waals surface area contributed by atoms with E-state index in [1.54, 1.807) is 18.0 Å². The van der Waals surface area contributed by atoms with E-state index >= 15 is 0 Å². The second kappa shape index (κ2) is 6.78. The highest BCUT2D eigenvalue weighted by Gasteiger charge is 2.09. The standard InChI is InChI=1S/C15H20N2OS/c1-3-7-17-14(10-18)9-16-15(17)19-11-13-6-4-5-12(2)8-13/h4-6,8-9,18H,3,7,10-11H2,1-2H3. The van der Waals surface area contributed by atoms with Crippen LogP contribution in [0.15, 0.2) is 35.6 Å². The molecule has 0 saturated heterocycles. The molecular formula is C15H20N2OS. The molecule has 2 rings (SSSR count). The van der Waals surface area contributed by atoms with Crippen molar-refractivity contribution in [3.63, 3.8) is 0 Å². The third kappa shape index (κ3) is 3.61. The SMILES string of the molecule is CCCn1c(CO)cnc1SCc1cccc(C)c1. The molecule has 0 aliphatic heterocycles. The van der Waals surface area contributed by atoms with E-state index in [1.807, 2.05) is 0 Å². The highest BCUT2D eigenvalue weighted by Crippen LogP contribution is 2.23. The van der Waals surface area contributed by atoms with E-state index in [2.05, 4.69) is 47.7 Å². The molecule has 4 heteroatoms. The average Bonchev–Trinajstić information content (AvgIpc) is 2.79. The topological polar surface area (TPSA) is 38.0 Å². The molecule has 0 fully saturated rings. The van der Waals surface area contributed by atoms with Crippen molar-refractivity contribution in [1.82, 2.24) is 9.55 Å². The lowest BCUT2D eigenvalue weighted by molar-refractivity contribution is 0.269. The van der Waals surface area contributed by atoms with Gasteiger partial charge in [-0.2, -0.15) is 0 Å². The molecule has 0 atom stereocenters. The number of rotatable bonds is 6. The molecule has 0 aliphatic carbocycles. The zero-order valence-corrected chi connectivity index (χ0v) is 12.3. The van der Waals surface area contributed by atoms with Gasteiger partial charge in [-0.15, -0.1) is 0 Å². The lowest BCUT2D eigenvalue weighted by Crippen LogP contribution is -2.04. The summed E-state index contributed by atoms with van der Waals surface area (Å²) in [6.45, 7) is 5.20. The van der Waals surface area contributed by atoms with Crippen molar-refractivity contribution >= 4 is 11.8 Å². The molecule has 102 valence electrons. The molecule has 1 aromatic heterocycles. The average molecular weight is 276 g/mol. The van der Waals surface area contributed by atoms with Gasteiger partial charge in [0.2, 0.25) is 0 Å². The summed E-state index contributed by atoms with van der Waals surface area (Å²) >= 11 is 1.73. The molecular weight excluding hydrogens is 256 g/mol. The van der Waals surface area contributed by atoms with Crippen LogP contribution in [0.1, 0.15) is 30.2 Å².